The smallest absolute Gasteiger partial charge is 0.274 e. The van der Waals surface area contributed by atoms with Crippen molar-refractivity contribution in [2.75, 3.05) is 19.8 Å². The summed E-state index contributed by atoms with van der Waals surface area (Å²) in [5.74, 6) is -1.09. The van der Waals surface area contributed by atoms with Crippen LogP contribution >= 0.6 is 0 Å². The van der Waals surface area contributed by atoms with Gasteiger partial charge in [0, 0.05) is 36.1 Å². The van der Waals surface area contributed by atoms with Crippen molar-refractivity contribution in [1.82, 2.24) is 10.8 Å². The highest BCUT2D eigenvalue weighted by Gasteiger charge is 2.27. The Morgan fingerprint density at radius 3 is 1.28 bits per heavy atom. The molecule has 1 aromatic carbocycles. The Morgan fingerprint density at radius 1 is 0.519 bits per heavy atom. The number of ether oxygens (including phenoxy) is 2. The average Bonchev–Trinajstić information content (AvgIpc) is 3.09. The summed E-state index contributed by atoms with van der Waals surface area (Å²) in [4.78, 5) is 85.4. The van der Waals surface area contributed by atoms with Crippen LogP contribution in [0.2, 0.25) is 0 Å². The van der Waals surface area contributed by atoms with Gasteiger partial charge in [-0.15, -0.1) is 0 Å². The molecule has 0 fully saturated rings. The molecule has 1 aromatic rings. The maximum Gasteiger partial charge on any atom is 0.274 e. The first-order valence-electron chi connectivity index (χ1n) is 19.9. The topological polar surface area (TPSA) is 154 Å². The van der Waals surface area contributed by atoms with Crippen molar-refractivity contribution in [3.63, 3.8) is 0 Å². The van der Waals surface area contributed by atoms with E-state index in [9.17, 15) is 28.8 Å². The van der Waals surface area contributed by atoms with Gasteiger partial charge < -0.3 is 14.8 Å². The summed E-state index contributed by atoms with van der Waals surface area (Å²) >= 11 is 0. The lowest BCUT2D eigenvalue weighted by Gasteiger charge is -2.20. The minimum atomic E-state index is -0.974. The Labute approximate surface area is 324 Å². The summed E-state index contributed by atoms with van der Waals surface area (Å²) < 4.78 is 11.8. The van der Waals surface area contributed by atoms with E-state index in [2.05, 4.69) is 10.8 Å². The van der Waals surface area contributed by atoms with E-state index in [0.29, 0.717) is 63.3 Å². The third-order valence-electron chi connectivity index (χ3n) is 8.65. The van der Waals surface area contributed by atoms with Gasteiger partial charge in [0.05, 0.1) is 0 Å². The van der Waals surface area contributed by atoms with Crippen molar-refractivity contribution >= 4 is 34.9 Å². The molecule has 0 spiro atoms. The molecule has 0 saturated carbocycles. The number of amides is 2. The summed E-state index contributed by atoms with van der Waals surface area (Å²) in [6.07, 6.45) is 0.792. The van der Waals surface area contributed by atoms with Crippen LogP contribution in [0.1, 0.15) is 159 Å². The molecule has 0 aliphatic rings. The fourth-order valence-electron chi connectivity index (χ4n) is 5.46. The van der Waals surface area contributed by atoms with Crippen LogP contribution in [-0.4, -0.2) is 73.0 Å². The lowest BCUT2D eigenvalue weighted by molar-refractivity contribution is -0.138. The first-order valence-corrected chi connectivity index (χ1v) is 19.9. The summed E-state index contributed by atoms with van der Waals surface area (Å²) in [7, 11) is 0. The number of carbonyl (C=O) groups excluding carboxylic acids is 6. The van der Waals surface area contributed by atoms with E-state index in [-0.39, 0.29) is 57.8 Å². The first kappa shape index (κ1) is 48.7. The Balaban J connectivity index is 3.43. The second kappa shape index (κ2) is 25.0. The number of rotatable bonds is 28. The zero-order valence-corrected chi connectivity index (χ0v) is 35.2. The molecule has 0 bridgehead atoms. The second-order valence-corrected chi connectivity index (χ2v) is 17.1. The number of carbonyl (C=O) groups is 6. The predicted octanol–water partition coefficient (Wildman–Crippen LogP) is 7.77. The van der Waals surface area contributed by atoms with Crippen LogP contribution in [0, 0.1) is 35.5 Å². The van der Waals surface area contributed by atoms with Crippen molar-refractivity contribution in [3.8, 4) is 0 Å². The van der Waals surface area contributed by atoms with Crippen molar-refractivity contribution < 1.29 is 43.1 Å². The third-order valence-corrected chi connectivity index (χ3v) is 8.65. The quantitative estimate of drug-likeness (QED) is 0.0644. The largest absolute Gasteiger partial charge is 0.362 e. The maximum absolute atomic E-state index is 13.6. The summed E-state index contributed by atoms with van der Waals surface area (Å²) in [5, 5.41) is 2.83. The molecule has 2 amide bonds. The summed E-state index contributed by atoms with van der Waals surface area (Å²) in [5.41, 5.74) is 2.32. The van der Waals surface area contributed by atoms with Crippen LogP contribution in [0.5, 0.6) is 0 Å². The fraction of sp³-hybridized carbons (Fsp3) is 0.721. The summed E-state index contributed by atoms with van der Waals surface area (Å²) in [6.45, 7) is 23.4. The fourth-order valence-corrected chi connectivity index (χ4v) is 5.46. The van der Waals surface area contributed by atoms with Crippen molar-refractivity contribution in [2.24, 2.45) is 35.5 Å². The minimum absolute atomic E-state index is 0.0177. The minimum Gasteiger partial charge on any atom is -0.362 e. The number of hydrogen-bond donors (Lipinski definition) is 2. The maximum atomic E-state index is 13.6. The molecule has 0 saturated heterocycles. The Kier molecular flexibility index (Phi) is 22.6. The molecule has 11 heteroatoms. The number of hydroxylamine groups is 1. The van der Waals surface area contributed by atoms with Gasteiger partial charge in [0.2, 0.25) is 0 Å². The highest BCUT2D eigenvalue weighted by molar-refractivity contribution is 6.06. The van der Waals surface area contributed by atoms with E-state index in [1.165, 1.54) is 18.2 Å². The van der Waals surface area contributed by atoms with E-state index in [4.69, 9.17) is 14.3 Å². The van der Waals surface area contributed by atoms with E-state index < -0.39 is 49.0 Å². The normalized spacial score (nSPS) is 13.5. The predicted molar refractivity (Wildman–Crippen MR) is 211 cm³/mol. The monoisotopic (exact) mass is 759 g/mol. The van der Waals surface area contributed by atoms with E-state index >= 15 is 0 Å². The van der Waals surface area contributed by atoms with Gasteiger partial charge >= 0.3 is 0 Å². The standard InChI is InChI=1S/C43H70N2O9/c1-26(2)13-15-35(46)39(17-28(5)6)52-24-37(48)32-20-33(38(49)25-53-40(18-29(7)8)36(47)16-14-27(3)4)22-34(21-32)42(50)45-54-41(19-30(9)10)43(51)44-23-31(11)12/h20-22,26-31,39-41H,13-19,23-25H2,1-12H3,(H,44,51)(H,45,50)/t39-,40-,41-/m1/s1. The second-order valence-electron chi connectivity index (χ2n) is 17.1. The van der Waals surface area contributed by atoms with Gasteiger partial charge in [0.1, 0.15) is 25.4 Å². The molecule has 0 heterocycles. The Morgan fingerprint density at radius 2 is 0.907 bits per heavy atom. The molecule has 54 heavy (non-hydrogen) atoms. The van der Waals surface area contributed by atoms with Crippen LogP contribution < -0.4 is 10.8 Å². The van der Waals surface area contributed by atoms with Gasteiger partial charge in [0.15, 0.2) is 29.2 Å². The highest BCUT2D eigenvalue weighted by atomic mass is 16.7. The summed E-state index contributed by atoms with van der Waals surface area (Å²) in [6, 6.07) is 4.02. The van der Waals surface area contributed by atoms with Gasteiger partial charge in [0.25, 0.3) is 11.8 Å². The van der Waals surface area contributed by atoms with Crippen molar-refractivity contribution in [2.45, 2.75) is 146 Å². The van der Waals surface area contributed by atoms with Crippen LogP contribution in [0.4, 0.5) is 0 Å². The number of nitrogens with one attached hydrogen (secondary N) is 2. The Hall–Kier alpha value is -3.28. The van der Waals surface area contributed by atoms with Crippen LogP contribution in [0.15, 0.2) is 18.2 Å². The number of Topliss-reactive ketones (excluding diaryl/α,β-unsaturated/α-hetero) is 4. The zero-order chi connectivity index (χ0) is 41.1. The zero-order valence-electron chi connectivity index (χ0n) is 35.2. The van der Waals surface area contributed by atoms with Crippen molar-refractivity contribution in [1.29, 1.82) is 0 Å². The van der Waals surface area contributed by atoms with Gasteiger partial charge in [-0.1, -0.05) is 83.1 Å². The molecule has 0 aliphatic carbocycles. The van der Waals surface area contributed by atoms with Crippen LogP contribution in [0.3, 0.4) is 0 Å². The molecular weight excluding hydrogens is 688 g/mol. The lowest BCUT2D eigenvalue weighted by atomic mass is 9.97. The highest BCUT2D eigenvalue weighted by Crippen LogP contribution is 2.19. The molecular formula is C43H70N2O9. The molecule has 2 N–H and O–H groups in total. The lowest BCUT2D eigenvalue weighted by Crippen LogP contribution is -2.42. The molecule has 0 aliphatic heterocycles. The van der Waals surface area contributed by atoms with E-state index in [0.717, 1.165) is 0 Å². The Bertz CT molecular complexity index is 1190. The molecule has 306 valence electrons. The molecule has 0 aromatic heterocycles. The van der Waals surface area contributed by atoms with Gasteiger partial charge in [-0.25, -0.2) is 5.48 Å². The molecule has 3 atom stereocenters. The third kappa shape index (κ3) is 19.9. The van der Waals surface area contributed by atoms with Crippen LogP contribution in [0.25, 0.3) is 0 Å². The van der Waals surface area contributed by atoms with Gasteiger partial charge in [-0.3, -0.25) is 33.6 Å². The van der Waals surface area contributed by atoms with E-state index in [1.807, 2.05) is 83.1 Å². The SMILES string of the molecule is CC(C)CCC(=O)[C@@H](CC(C)C)OCC(=O)c1cc(C(=O)CO[C@H](CC(C)C)C(=O)CCC(C)C)cc(C(=O)NO[C@H](CC(C)C)C(=O)NCC(C)C)c1. The molecule has 1 rings (SSSR count). The average molecular weight is 759 g/mol. The number of ketones is 4. The first-order chi connectivity index (χ1) is 25.2. The molecule has 0 unspecified atom stereocenters. The van der Waals surface area contributed by atoms with Gasteiger partial charge in [-0.2, -0.15) is 0 Å². The number of benzene rings is 1. The molecule has 11 nitrogen and oxygen atoms in total. The van der Waals surface area contributed by atoms with Crippen LogP contribution in [-0.2, 0) is 28.7 Å². The molecule has 0 radical (unpaired) electrons. The van der Waals surface area contributed by atoms with E-state index in [1.54, 1.807) is 0 Å². The number of hydrogen-bond acceptors (Lipinski definition) is 9. The van der Waals surface area contributed by atoms with Crippen molar-refractivity contribution in [3.05, 3.63) is 34.9 Å². The van der Waals surface area contributed by atoms with Gasteiger partial charge in [-0.05, 0) is 85.8 Å².